The van der Waals surface area contributed by atoms with Crippen LogP contribution in [-0.4, -0.2) is 45.0 Å². The zero-order valence-electron chi connectivity index (χ0n) is 11.8. The summed E-state index contributed by atoms with van der Waals surface area (Å²) in [6.07, 6.45) is 0. The van der Waals surface area contributed by atoms with Crippen molar-refractivity contribution in [2.24, 2.45) is 0 Å². The van der Waals surface area contributed by atoms with E-state index in [1.807, 2.05) is 6.92 Å². The van der Waals surface area contributed by atoms with Crippen LogP contribution in [0.5, 0.6) is 0 Å². The molecule has 0 heterocycles. The van der Waals surface area contributed by atoms with Crippen molar-refractivity contribution in [3.63, 3.8) is 0 Å². The van der Waals surface area contributed by atoms with E-state index in [4.69, 9.17) is 0 Å². The molecule has 0 bridgehead atoms. The number of nitrogens with zero attached hydrogens (tertiary/aromatic N) is 1. The second-order valence-corrected chi connectivity index (χ2v) is 7.02. The minimum Gasteiger partial charge on any atom is -0.384 e. The number of nitrogens with one attached hydrogen (secondary N) is 1. The number of likely N-dealkylation sites (N-methyl/N-ethyl adjacent to an activating group) is 1. The first-order valence-corrected chi connectivity index (χ1v) is 7.62. The van der Waals surface area contributed by atoms with Crippen molar-refractivity contribution in [3.05, 3.63) is 29.8 Å². The summed E-state index contributed by atoms with van der Waals surface area (Å²) in [7, 11) is -0.439. The van der Waals surface area contributed by atoms with E-state index in [9.17, 15) is 13.5 Å². The molecule has 1 aromatic rings. The van der Waals surface area contributed by atoms with Gasteiger partial charge in [0.05, 0.1) is 10.5 Å². The summed E-state index contributed by atoms with van der Waals surface area (Å²) in [5.41, 5.74) is -0.331. The van der Waals surface area contributed by atoms with E-state index < -0.39 is 15.6 Å². The number of benzene rings is 1. The minimum atomic E-state index is -3.42. The molecule has 5 nitrogen and oxygen atoms in total. The molecule has 19 heavy (non-hydrogen) atoms. The van der Waals surface area contributed by atoms with E-state index in [1.54, 1.807) is 19.1 Å². The van der Waals surface area contributed by atoms with Crippen LogP contribution in [-0.2, 0) is 15.6 Å². The van der Waals surface area contributed by atoms with Crippen LogP contribution in [0, 0.1) is 0 Å². The predicted octanol–water partition coefficient (Wildman–Crippen LogP) is 0.754. The Kier molecular flexibility index (Phi) is 5.09. The van der Waals surface area contributed by atoms with E-state index in [0.717, 1.165) is 6.54 Å². The van der Waals surface area contributed by atoms with E-state index >= 15 is 0 Å². The number of hydrogen-bond donors (Lipinski definition) is 2. The number of rotatable bonds is 6. The normalized spacial score (nSPS) is 15.5. The van der Waals surface area contributed by atoms with E-state index in [1.165, 1.54) is 30.5 Å². The SMILES string of the molecule is CCNCC(C)(O)c1ccc(S(=O)(=O)N(C)C)cc1. The summed E-state index contributed by atoms with van der Waals surface area (Å²) >= 11 is 0. The molecule has 0 aliphatic heterocycles. The van der Waals surface area contributed by atoms with Crippen LogP contribution >= 0.6 is 0 Å². The predicted molar refractivity (Wildman–Crippen MR) is 75.4 cm³/mol. The van der Waals surface area contributed by atoms with Gasteiger partial charge in [-0.3, -0.25) is 0 Å². The van der Waals surface area contributed by atoms with E-state index in [0.29, 0.717) is 12.1 Å². The number of aliphatic hydroxyl groups is 1. The largest absolute Gasteiger partial charge is 0.384 e. The lowest BCUT2D eigenvalue weighted by Gasteiger charge is -2.24. The first-order valence-electron chi connectivity index (χ1n) is 6.18. The van der Waals surface area contributed by atoms with Crippen molar-refractivity contribution in [3.8, 4) is 0 Å². The van der Waals surface area contributed by atoms with Gasteiger partial charge in [0.2, 0.25) is 10.0 Å². The maximum atomic E-state index is 11.9. The van der Waals surface area contributed by atoms with Crippen LogP contribution in [0.15, 0.2) is 29.2 Å². The fraction of sp³-hybridized carbons (Fsp3) is 0.538. The second-order valence-electron chi connectivity index (χ2n) is 4.87. The van der Waals surface area contributed by atoms with Crippen molar-refractivity contribution >= 4 is 10.0 Å². The van der Waals surface area contributed by atoms with Crippen molar-refractivity contribution in [2.75, 3.05) is 27.2 Å². The third-order valence-corrected chi connectivity index (χ3v) is 4.80. The minimum absolute atomic E-state index is 0.223. The molecular formula is C13H22N2O3S. The Morgan fingerprint density at radius 3 is 2.21 bits per heavy atom. The lowest BCUT2D eigenvalue weighted by Crippen LogP contribution is -2.35. The molecule has 2 N–H and O–H groups in total. The third kappa shape index (κ3) is 3.76. The van der Waals surface area contributed by atoms with Gasteiger partial charge in [-0.05, 0) is 31.2 Å². The van der Waals surface area contributed by atoms with Crippen LogP contribution < -0.4 is 5.32 Å². The Hall–Kier alpha value is -0.950. The first kappa shape index (κ1) is 16.1. The molecule has 0 aliphatic rings. The average molecular weight is 286 g/mol. The molecule has 108 valence electrons. The molecular weight excluding hydrogens is 264 g/mol. The van der Waals surface area contributed by atoms with Crippen LogP contribution in [0.2, 0.25) is 0 Å². The maximum absolute atomic E-state index is 11.9. The summed E-state index contributed by atoms with van der Waals surface area (Å²) in [5, 5.41) is 13.4. The van der Waals surface area contributed by atoms with Crippen molar-refractivity contribution in [1.29, 1.82) is 0 Å². The molecule has 0 aliphatic carbocycles. The molecule has 1 atom stereocenters. The highest BCUT2D eigenvalue weighted by Gasteiger charge is 2.24. The first-order chi connectivity index (χ1) is 8.71. The average Bonchev–Trinajstić information content (AvgIpc) is 2.36. The van der Waals surface area contributed by atoms with Crippen LogP contribution in [0.1, 0.15) is 19.4 Å². The van der Waals surface area contributed by atoms with Gasteiger partial charge in [-0.15, -0.1) is 0 Å². The molecule has 0 saturated carbocycles. The van der Waals surface area contributed by atoms with Crippen LogP contribution in [0.4, 0.5) is 0 Å². The topological polar surface area (TPSA) is 69.6 Å². The quantitative estimate of drug-likeness (QED) is 0.810. The van der Waals surface area contributed by atoms with Gasteiger partial charge in [-0.25, -0.2) is 12.7 Å². The van der Waals surface area contributed by atoms with Gasteiger partial charge in [0, 0.05) is 20.6 Å². The van der Waals surface area contributed by atoms with E-state index in [-0.39, 0.29) is 4.90 Å². The Labute approximate surface area is 115 Å². The molecule has 0 aromatic heterocycles. The lowest BCUT2D eigenvalue weighted by atomic mass is 9.96. The molecule has 0 amide bonds. The van der Waals surface area contributed by atoms with Crippen molar-refractivity contribution in [2.45, 2.75) is 24.3 Å². The number of hydrogen-bond acceptors (Lipinski definition) is 4. The summed E-state index contributed by atoms with van der Waals surface area (Å²) in [6.45, 7) is 4.85. The van der Waals surface area contributed by atoms with E-state index in [2.05, 4.69) is 5.32 Å². The van der Waals surface area contributed by atoms with Crippen molar-refractivity contribution in [1.82, 2.24) is 9.62 Å². The summed E-state index contributed by atoms with van der Waals surface area (Å²) in [4.78, 5) is 0.223. The zero-order valence-corrected chi connectivity index (χ0v) is 12.7. The monoisotopic (exact) mass is 286 g/mol. The maximum Gasteiger partial charge on any atom is 0.242 e. The van der Waals surface area contributed by atoms with Gasteiger partial charge in [0.1, 0.15) is 0 Å². The second kappa shape index (κ2) is 6.00. The molecule has 0 spiro atoms. The molecule has 0 radical (unpaired) electrons. The van der Waals surface area contributed by atoms with Gasteiger partial charge in [0.15, 0.2) is 0 Å². The standard InChI is InChI=1S/C13H22N2O3S/c1-5-14-10-13(2,16)11-6-8-12(9-7-11)19(17,18)15(3)4/h6-9,14,16H,5,10H2,1-4H3. The van der Waals surface area contributed by atoms with Gasteiger partial charge < -0.3 is 10.4 Å². The zero-order chi connectivity index (χ0) is 14.7. The van der Waals surface area contributed by atoms with Crippen LogP contribution in [0.3, 0.4) is 0 Å². The molecule has 1 unspecified atom stereocenters. The van der Waals surface area contributed by atoms with Gasteiger partial charge in [-0.1, -0.05) is 19.1 Å². The fourth-order valence-electron chi connectivity index (χ4n) is 1.67. The third-order valence-electron chi connectivity index (χ3n) is 2.97. The van der Waals surface area contributed by atoms with Crippen molar-refractivity contribution < 1.29 is 13.5 Å². The van der Waals surface area contributed by atoms with Gasteiger partial charge in [0.25, 0.3) is 0 Å². The highest BCUT2D eigenvalue weighted by Crippen LogP contribution is 2.22. The Morgan fingerprint density at radius 1 is 1.26 bits per heavy atom. The highest BCUT2D eigenvalue weighted by molar-refractivity contribution is 7.89. The summed E-state index contributed by atoms with van der Waals surface area (Å²) in [5.74, 6) is 0. The summed E-state index contributed by atoms with van der Waals surface area (Å²) < 4.78 is 25.0. The van der Waals surface area contributed by atoms with Gasteiger partial charge >= 0.3 is 0 Å². The summed E-state index contributed by atoms with van der Waals surface area (Å²) in [6, 6.07) is 6.33. The molecule has 1 aromatic carbocycles. The number of sulfonamides is 1. The van der Waals surface area contributed by atoms with Gasteiger partial charge in [-0.2, -0.15) is 0 Å². The highest BCUT2D eigenvalue weighted by atomic mass is 32.2. The molecule has 0 saturated heterocycles. The smallest absolute Gasteiger partial charge is 0.242 e. The Bertz CT molecular complexity index is 507. The van der Waals surface area contributed by atoms with Crippen LogP contribution in [0.25, 0.3) is 0 Å². The molecule has 6 heteroatoms. The lowest BCUT2D eigenvalue weighted by molar-refractivity contribution is 0.0575. The Morgan fingerprint density at radius 2 is 1.79 bits per heavy atom. The molecule has 1 rings (SSSR count). The molecule has 0 fully saturated rings. The fourth-order valence-corrected chi connectivity index (χ4v) is 2.57. The Balaban J connectivity index is 3.00.